The van der Waals surface area contributed by atoms with E-state index in [2.05, 4.69) is 21.2 Å². The lowest BCUT2D eigenvalue weighted by atomic mass is 9.99. The molecule has 150 valence electrons. The molecule has 0 saturated carbocycles. The minimum atomic E-state index is -0.746. The number of imide groups is 1. The zero-order valence-electron chi connectivity index (χ0n) is 15.5. The average Bonchev–Trinajstić information content (AvgIpc) is 3.29. The largest absolute Gasteiger partial charge is 0.460 e. The summed E-state index contributed by atoms with van der Waals surface area (Å²) in [5, 5.41) is 2.92. The number of carbonyl (C=O) groups excluding carboxylic acids is 2. The van der Waals surface area contributed by atoms with Crippen molar-refractivity contribution in [1.82, 2.24) is 10.2 Å². The number of halogens is 1. The van der Waals surface area contributed by atoms with Gasteiger partial charge in [-0.2, -0.15) is 11.8 Å². The molecule has 29 heavy (non-hydrogen) atoms. The number of hydrogen-bond donors (Lipinski definition) is 1. The van der Waals surface area contributed by atoms with Crippen LogP contribution in [0.15, 0.2) is 46.9 Å². The molecule has 3 heterocycles. The van der Waals surface area contributed by atoms with Crippen molar-refractivity contribution in [2.24, 2.45) is 0 Å². The quantitative estimate of drug-likeness (QED) is 0.681. The highest BCUT2D eigenvalue weighted by Crippen LogP contribution is 2.40. The topological polar surface area (TPSA) is 67.9 Å². The van der Waals surface area contributed by atoms with Crippen LogP contribution in [0.1, 0.15) is 29.4 Å². The molecule has 2 fully saturated rings. The lowest BCUT2D eigenvalue weighted by molar-refractivity contribution is -0.131. The molecule has 6 nitrogen and oxygen atoms in total. The number of rotatable bonds is 3. The van der Waals surface area contributed by atoms with E-state index < -0.39 is 11.8 Å². The highest BCUT2D eigenvalue weighted by molar-refractivity contribution is 9.10. The molecule has 2 atom stereocenters. The molecule has 3 aliphatic rings. The summed E-state index contributed by atoms with van der Waals surface area (Å²) >= 11 is 5.22. The maximum Gasteiger partial charge on any atom is 0.325 e. The zero-order valence-corrected chi connectivity index (χ0v) is 17.9. The Balaban J connectivity index is 1.45. The van der Waals surface area contributed by atoms with Gasteiger partial charge in [0.15, 0.2) is 0 Å². The van der Waals surface area contributed by atoms with Crippen LogP contribution in [0.25, 0.3) is 0 Å². The third-order valence-corrected chi connectivity index (χ3v) is 7.14. The summed E-state index contributed by atoms with van der Waals surface area (Å²) in [5.41, 5.74) is 1.85. The number of urea groups is 1. The number of fused-ring (bicyclic) bond motifs is 1. The first-order valence-corrected chi connectivity index (χ1v) is 11.4. The van der Waals surface area contributed by atoms with Crippen molar-refractivity contribution in [3.63, 3.8) is 0 Å². The molecule has 5 rings (SSSR count). The van der Waals surface area contributed by atoms with E-state index in [0.29, 0.717) is 24.5 Å². The first-order chi connectivity index (χ1) is 14.1. The molecule has 2 aromatic carbocycles. The van der Waals surface area contributed by atoms with Crippen molar-refractivity contribution in [3.05, 3.63) is 63.6 Å². The molecule has 1 spiro atoms. The maximum absolute atomic E-state index is 13.0. The van der Waals surface area contributed by atoms with Crippen molar-refractivity contribution < 1.29 is 19.1 Å². The zero-order chi connectivity index (χ0) is 20.0. The summed E-state index contributed by atoms with van der Waals surface area (Å²) in [4.78, 5) is 26.9. The Kier molecular flexibility index (Phi) is 4.80. The monoisotopic (exact) mass is 474 g/mol. The second-order valence-corrected chi connectivity index (χ2v) is 9.45. The second-order valence-electron chi connectivity index (χ2n) is 7.43. The first-order valence-electron chi connectivity index (χ1n) is 9.42. The second kappa shape index (κ2) is 7.34. The molecule has 8 heteroatoms. The van der Waals surface area contributed by atoms with Crippen LogP contribution >= 0.6 is 27.7 Å². The van der Waals surface area contributed by atoms with Crippen molar-refractivity contribution >= 4 is 39.6 Å². The van der Waals surface area contributed by atoms with Crippen LogP contribution in [-0.4, -0.2) is 33.9 Å². The fourth-order valence-electron chi connectivity index (χ4n) is 3.99. The van der Waals surface area contributed by atoms with Gasteiger partial charge in [-0.1, -0.05) is 46.3 Å². The summed E-state index contributed by atoms with van der Waals surface area (Å²) in [5.74, 6) is 2.04. The smallest absolute Gasteiger partial charge is 0.325 e. The molecule has 3 aliphatic heterocycles. The molecule has 2 aromatic rings. The SMILES string of the molecule is O=C1NC2(CCSC2)C(=O)N1Cc1cc(Br)cc2c1OC(c1ccccc1)OC2. The van der Waals surface area contributed by atoms with Gasteiger partial charge in [0.1, 0.15) is 11.3 Å². The minimum absolute atomic E-state index is 0.145. The average molecular weight is 475 g/mol. The van der Waals surface area contributed by atoms with Gasteiger partial charge in [0.2, 0.25) is 6.29 Å². The van der Waals surface area contributed by atoms with Crippen molar-refractivity contribution in [1.29, 1.82) is 0 Å². The van der Waals surface area contributed by atoms with Gasteiger partial charge in [-0.05, 0) is 24.3 Å². The summed E-state index contributed by atoms with van der Waals surface area (Å²) in [6, 6.07) is 13.2. The Morgan fingerprint density at radius 2 is 2.07 bits per heavy atom. The Labute approximate surface area is 181 Å². The number of hydrogen-bond acceptors (Lipinski definition) is 5. The molecule has 3 amide bonds. The predicted octanol–water partition coefficient (Wildman–Crippen LogP) is 3.98. The van der Waals surface area contributed by atoms with E-state index in [1.807, 2.05) is 42.5 Å². The van der Waals surface area contributed by atoms with Gasteiger partial charge in [-0.3, -0.25) is 9.69 Å². The Morgan fingerprint density at radius 3 is 2.83 bits per heavy atom. The van der Waals surface area contributed by atoms with E-state index in [0.717, 1.165) is 26.9 Å². The van der Waals surface area contributed by atoms with E-state index >= 15 is 0 Å². The lowest BCUT2D eigenvalue weighted by Crippen LogP contribution is -2.46. The molecule has 0 aliphatic carbocycles. The van der Waals surface area contributed by atoms with Gasteiger partial charge in [0.25, 0.3) is 5.91 Å². The number of nitrogens with one attached hydrogen (secondary N) is 1. The third-order valence-electron chi connectivity index (χ3n) is 5.49. The van der Waals surface area contributed by atoms with Gasteiger partial charge in [0, 0.05) is 26.9 Å². The molecule has 1 N–H and O–H groups in total. The van der Waals surface area contributed by atoms with Crippen LogP contribution in [-0.2, 0) is 22.7 Å². The number of ether oxygens (including phenoxy) is 2. The Morgan fingerprint density at radius 1 is 1.24 bits per heavy atom. The van der Waals surface area contributed by atoms with Gasteiger partial charge in [-0.15, -0.1) is 0 Å². The number of thioether (sulfide) groups is 1. The molecule has 2 unspecified atom stereocenters. The van der Waals surface area contributed by atoms with E-state index in [1.165, 1.54) is 4.90 Å². The fourth-order valence-corrected chi connectivity index (χ4v) is 5.87. The standard InChI is InChI=1S/C21H19BrN2O4S/c22-16-8-14(10-24-19(25)21(23-20(24)26)6-7-29-12-21)17-15(9-16)11-27-18(28-17)13-4-2-1-3-5-13/h1-5,8-9,18H,6-7,10-12H2,(H,23,26). The van der Waals surface area contributed by atoms with Gasteiger partial charge >= 0.3 is 6.03 Å². The maximum atomic E-state index is 13.0. The number of amides is 3. The van der Waals surface area contributed by atoms with E-state index in [1.54, 1.807) is 11.8 Å². The summed E-state index contributed by atoms with van der Waals surface area (Å²) in [6.45, 7) is 0.558. The van der Waals surface area contributed by atoms with Crippen molar-refractivity contribution in [3.8, 4) is 5.75 Å². The van der Waals surface area contributed by atoms with Crippen LogP contribution < -0.4 is 10.1 Å². The number of benzene rings is 2. The molecule has 0 radical (unpaired) electrons. The highest BCUT2D eigenvalue weighted by atomic mass is 79.9. The van der Waals surface area contributed by atoms with Crippen LogP contribution in [0, 0.1) is 0 Å². The predicted molar refractivity (Wildman–Crippen MR) is 112 cm³/mol. The first kappa shape index (κ1) is 19.0. The van der Waals surface area contributed by atoms with Crippen molar-refractivity contribution in [2.75, 3.05) is 11.5 Å². The highest BCUT2D eigenvalue weighted by Gasteiger charge is 2.53. The normalized spacial score (nSPS) is 25.8. The van der Waals surface area contributed by atoms with Crippen molar-refractivity contribution in [2.45, 2.75) is 31.4 Å². The third kappa shape index (κ3) is 3.33. The van der Waals surface area contributed by atoms with Crippen LogP contribution in [0.3, 0.4) is 0 Å². The van der Waals surface area contributed by atoms with E-state index in [-0.39, 0.29) is 18.5 Å². The molecule has 2 saturated heterocycles. The summed E-state index contributed by atoms with van der Waals surface area (Å²) in [6.07, 6.45) is 0.153. The van der Waals surface area contributed by atoms with E-state index in [4.69, 9.17) is 9.47 Å². The summed E-state index contributed by atoms with van der Waals surface area (Å²) < 4.78 is 12.9. The Hall–Kier alpha value is -2.03. The fraction of sp³-hybridized carbons (Fsp3) is 0.333. The summed E-state index contributed by atoms with van der Waals surface area (Å²) in [7, 11) is 0. The van der Waals surface area contributed by atoms with Crippen LogP contribution in [0.4, 0.5) is 4.79 Å². The molecular formula is C21H19BrN2O4S. The lowest BCUT2D eigenvalue weighted by Gasteiger charge is -2.29. The molecular weight excluding hydrogens is 456 g/mol. The Bertz CT molecular complexity index is 978. The molecule has 0 aromatic heterocycles. The van der Waals surface area contributed by atoms with Gasteiger partial charge in [0.05, 0.1) is 13.2 Å². The van der Waals surface area contributed by atoms with Crippen LogP contribution in [0.2, 0.25) is 0 Å². The number of nitrogens with zero attached hydrogens (tertiary/aromatic N) is 1. The molecule has 0 bridgehead atoms. The van der Waals surface area contributed by atoms with Gasteiger partial charge < -0.3 is 14.8 Å². The van der Waals surface area contributed by atoms with Gasteiger partial charge in [-0.25, -0.2) is 4.79 Å². The minimum Gasteiger partial charge on any atom is -0.460 e. The van der Waals surface area contributed by atoms with Crippen LogP contribution in [0.5, 0.6) is 5.75 Å². The number of carbonyl (C=O) groups is 2. The van der Waals surface area contributed by atoms with E-state index in [9.17, 15) is 9.59 Å².